The summed E-state index contributed by atoms with van der Waals surface area (Å²) in [5, 5.41) is 13.3. The van der Waals surface area contributed by atoms with Gasteiger partial charge in [-0.25, -0.2) is 0 Å². The largest absolute Gasteiger partial charge is 0.481 e. The van der Waals surface area contributed by atoms with Crippen molar-refractivity contribution in [2.75, 3.05) is 6.54 Å². The van der Waals surface area contributed by atoms with Gasteiger partial charge in [-0.05, 0) is 24.3 Å². The number of aromatic nitrogens is 1. The first kappa shape index (κ1) is 15.9. The van der Waals surface area contributed by atoms with Crippen LogP contribution in [0.15, 0.2) is 36.5 Å². The van der Waals surface area contributed by atoms with E-state index in [-0.39, 0.29) is 12.3 Å². The van der Waals surface area contributed by atoms with Crippen LogP contribution < -0.4 is 5.32 Å². The Hall–Kier alpha value is -2.43. The number of carboxylic acid groups (broad SMARTS) is 1. The van der Waals surface area contributed by atoms with Crippen LogP contribution in [0, 0.1) is 0 Å². The number of hydrogen-bond acceptors (Lipinski definition) is 3. The number of carbonyl (C=O) groups excluding carboxylic acids is 1. The van der Waals surface area contributed by atoms with E-state index in [4.69, 9.17) is 5.11 Å². The maximum absolute atomic E-state index is 12.2. The average molecular weight is 300 g/mol. The van der Waals surface area contributed by atoms with Gasteiger partial charge in [-0.15, -0.1) is 0 Å². The molecule has 2 rings (SSSR count). The van der Waals surface area contributed by atoms with E-state index in [1.807, 2.05) is 30.3 Å². The van der Waals surface area contributed by atoms with Crippen molar-refractivity contribution >= 4 is 22.6 Å². The van der Waals surface area contributed by atoms with Gasteiger partial charge in [-0.3, -0.25) is 14.6 Å². The zero-order valence-corrected chi connectivity index (χ0v) is 12.4. The van der Waals surface area contributed by atoms with E-state index in [2.05, 4.69) is 10.3 Å². The second kappa shape index (κ2) is 8.12. The average Bonchev–Trinajstić information content (AvgIpc) is 2.53. The molecule has 0 unspecified atom stereocenters. The second-order valence-corrected chi connectivity index (χ2v) is 5.19. The molecule has 22 heavy (non-hydrogen) atoms. The van der Waals surface area contributed by atoms with Crippen LogP contribution in [0.25, 0.3) is 10.8 Å². The van der Waals surface area contributed by atoms with Gasteiger partial charge in [0.1, 0.15) is 5.69 Å². The Labute approximate surface area is 129 Å². The highest BCUT2D eigenvalue weighted by atomic mass is 16.4. The summed E-state index contributed by atoms with van der Waals surface area (Å²) in [7, 11) is 0. The van der Waals surface area contributed by atoms with E-state index in [0.717, 1.165) is 30.0 Å². The third-order valence-electron chi connectivity index (χ3n) is 3.49. The van der Waals surface area contributed by atoms with Gasteiger partial charge in [0, 0.05) is 24.5 Å². The number of nitrogens with one attached hydrogen (secondary N) is 1. The molecule has 0 fully saturated rings. The van der Waals surface area contributed by atoms with E-state index < -0.39 is 5.97 Å². The predicted octanol–water partition coefficient (Wildman–Crippen LogP) is 3.00. The van der Waals surface area contributed by atoms with E-state index in [1.54, 1.807) is 6.20 Å². The Morgan fingerprint density at radius 2 is 1.82 bits per heavy atom. The molecular formula is C17H20N2O3. The summed E-state index contributed by atoms with van der Waals surface area (Å²) in [6.45, 7) is 0.580. The van der Waals surface area contributed by atoms with Crippen molar-refractivity contribution in [3.8, 4) is 0 Å². The lowest BCUT2D eigenvalue weighted by molar-refractivity contribution is -0.137. The molecule has 116 valence electrons. The first-order valence-corrected chi connectivity index (χ1v) is 7.52. The number of aliphatic carboxylic acids is 1. The van der Waals surface area contributed by atoms with Crippen molar-refractivity contribution < 1.29 is 14.7 Å². The predicted molar refractivity (Wildman–Crippen MR) is 84.8 cm³/mol. The summed E-state index contributed by atoms with van der Waals surface area (Å²) >= 11 is 0. The van der Waals surface area contributed by atoms with Crippen molar-refractivity contribution in [2.45, 2.75) is 32.1 Å². The highest BCUT2D eigenvalue weighted by molar-refractivity contribution is 6.05. The van der Waals surface area contributed by atoms with Gasteiger partial charge in [0.2, 0.25) is 0 Å². The van der Waals surface area contributed by atoms with E-state index in [9.17, 15) is 9.59 Å². The molecule has 0 saturated carbocycles. The number of carboxylic acids is 1. The van der Waals surface area contributed by atoms with Gasteiger partial charge in [-0.2, -0.15) is 0 Å². The maximum atomic E-state index is 12.2. The second-order valence-electron chi connectivity index (χ2n) is 5.19. The van der Waals surface area contributed by atoms with Crippen molar-refractivity contribution in [3.05, 3.63) is 42.2 Å². The highest BCUT2D eigenvalue weighted by Crippen LogP contribution is 2.16. The molecule has 2 aromatic rings. The molecule has 0 atom stereocenters. The lowest BCUT2D eigenvalue weighted by Crippen LogP contribution is -2.25. The van der Waals surface area contributed by atoms with Crippen molar-refractivity contribution in [1.82, 2.24) is 10.3 Å². The first-order chi connectivity index (χ1) is 10.7. The zero-order chi connectivity index (χ0) is 15.8. The summed E-state index contributed by atoms with van der Waals surface area (Å²) in [4.78, 5) is 26.7. The van der Waals surface area contributed by atoms with Crippen LogP contribution in [-0.2, 0) is 4.79 Å². The number of hydrogen-bond donors (Lipinski definition) is 2. The van der Waals surface area contributed by atoms with Gasteiger partial charge < -0.3 is 10.4 Å². The molecule has 1 aromatic carbocycles. The minimum absolute atomic E-state index is 0.165. The molecule has 0 aliphatic rings. The van der Waals surface area contributed by atoms with Crippen LogP contribution in [0.4, 0.5) is 0 Å². The summed E-state index contributed by atoms with van der Waals surface area (Å²) in [6.07, 6.45) is 5.17. The quantitative estimate of drug-likeness (QED) is 0.734. The zero-order valence-electron chi connectivity index (χ0n) is 12.4. The molecule has 0 bridgehead atoms. The molecule has 2 N–H and O–H groups in total. The number of carbonyl (C=O) groups is 2. The van der Waals surface area contributed by atoms with Crippen LogP contribution >= 0.6 is 0 Å². The Morgan fingerprint density at radius 3 is 2.64 bits per heavy atom. The Morgan fingerprint density at radius 1 is 1.05 bits per heavy atom. The topological polar surface area (TPSA) is 79.3 Å². The summed E-state index contributed by atoms with van der Waals surface area (Å²) in [5.74, 6) is -0.919. The van der Waals surface area contributed by atoms with E-state index in [1.165, 1.54) is 0 Å². The number of fused-ring (bicyclic) bond motifs is 1. The maximum Gasteiger partial charge on any atom is 0.303 e. The monoisotopic (exact) mass is 300 g/mol. The Kier molecular flexibility index (Phi) is 5.89. The van der Waals surface area contributed by atoms with Gasteiger partial charge in [0.25, 0.3) is 5.91 Å². The van der Waals surface area contributed by atoms with Crippen LogP contribution in [0.5, 0.6) is 0 Å². The Balaban J connectivity index is 1.78. The number of rotatable bonds is 8. The SMILES string of the molecule is O=C(O)CCCCCCNC(=O)c1nccc2ccccc12. The normalized spacial score (nSPS) is 10.5. The highest BCUT2D eigenvalue weighted by Gasteiger charge is 2.10. The molecule has 0 saturated heterocycles. The molecule has 1 aromatic heterocycles. The van der Waals surface area contributed by atoms with Crippen molar-refractivity contribution in [1.29, 1.82) is 0 Å². The summed E-state index contributed by atoms with van der Waals surface area (Å²) in [5.41, 5.74) is 0.448. The van der Waals surface area contributed by atoms with Crippen molar-refractivity contribution in [2.24, 2.45) is 0 Å². The van der Waals surface area contributed by atoms with Gasteiger partial charge in [0.05, 0.1) is 0 Å². The number of benzene rings is 1. The van der Waals surface area contributed by atoms with Gasteiger partial charge >= 0.3 is 5.97 Å². The smallest absolute Gasteiger partial charge is 0.303 e. The minimum Gasteiger partial charge on any atom is -0.481 e. The molecule has 5 heteroatoms. The summed E-state index contributed by atoms with van der Waals surface area (Å²) < 4.78 is 0. The molecular weight excluding hydrogens is 280 g/mol. The van der Waals surface area contributed by atoms with Crippen LogP contribution in [0.3, 0.4) is 0 Å². The molecule has 1 amide bonds. The molecule has 0 spiro atoms. The fourth-order valence-corrected chi connectivity index (χ4v) is 2.34. The summed E-state index contributed by atoms with van der Waals surface area (Å²) in [6, 6.07) is 9.55. The van der Waals surface area contributed by atoms with E-state index >= 15 is 0 Å². The van der Waals surface area contributed by atoms with Crippen LogP contribution in [0.1, 0.15) is 42.6 Å². The fourth-order valence-electron chi connectivity index (χ4n) is 2.34. The molecule has 1 heterocycles. The number of nitrogens with zero attached hydrogens (tertiary/aromatic N) is 1. The molecule has 0 aliphatic heterocycles. The lowest BCUT2D eigenvalue weighted by atomic mass is 10.1. The third kappa shape index (κ3) is 4.55. The standard InChI is InChI=1S/C17H20N2O3/c20-15(21)9-3-1-2-6-11-19-17(22)16-14-8-5-4-7-13(14)10-12-18-16/h4-5,7-8,10,12H,1-3,6,9,11H2,(H,19,22)(H,20,21). The molecule has 0 radical (unpaired) electrons. The molecule has 0 aliphatic carbocycles. The Bertz CT molecular complexity index is 650. The van der Waals surface area contributed by atoms with Gasteiger partial charge in [0.15, 0.2) is 0 Å². The first-order valence-electron chi connectivity index (χ1n) is 7.52. The van der Waals surface area contributed by atoms with Gasteiger partial charge in [-0.1, -0.05) is 37.1 Å². The van der Waals surface area contributed by atoms with Crippen LogP contribution in [-0.4, -0.2) is 28.5 Å². The number of pyridine rings is 1. The third-order valence-corrected chi connectivity index (χ3v) is 3.49. The van der Waals surface area contributed by atoms with Crippen LogP contribution in [0.2, 0.25) is 0 Å². The number of amides is 1. The number of unbranched alkanes of at least 4 members (excludes halogenated alkanes) is 3. The van der Waals surface area contributed by atoms with E-state index in [0.29, 0.717) is 18.7 Å². The fraction of sp³-hybridized carbons (Fsp3) is 0.353. The lowest BCUT2D eigenvalue weighted by Gasteiger charge is -2.07. The van der Waals surface area contributed by atoms with Crippen molar-refractivity contribution in [3.63, 3.8) is 0 Å². The minimum atomic E-state index is -0.754. The molecule has 5 nitrogen and oxygen atoms in total.